The molecule has 3 N–H and O–H groups in total. The molecule has 5 rings (SSSR count). The molecule has 0 aliphatic carbocycles. The molecule has 0 saturated carbocycles. The zero-order chi connectivity index (χ0) is 33.7. The SMILES string of the molecule is CCOC(=O)C(C[C@@H]1CCC(=O)N1)Nc1ncc(-c2cccc(-c3cccc(NC(=O)c4ccnn(C)c4=O)c3Cl)c2Cl)nc1OC. The van der Waals surface area contributed by atoms with Crippen molar-refractivity contribution in [1.82, 2.24) is 25.1 Å². The number of methoxy groups -OCH3 is 1. The maximum Gasteiger partial charge on any atom is 0.328 e. The van der Waals surface area contributed by atoms with Gasteiger partial charge in [0.05, 0.1) is 41.3 Å². The molecule has 3 heterocycles. The Kier molecular flexibility index (Phi) is 10.4. The van der Waals surface area contributed by atoms with Crippen LogP contribution in [0.15, 0.2) is 59.7 Å². The zero-order valence-corrected chi connectivity index (χ0v) is 27.2. The fourth-order valence-corrected chi connectivity index (χ4v) is 5.75. The Bertz CT molecular complexity index is 1900. The molecule has 4 aromatic rings. The highest BCUT2D eigenvalue weighted by molar-refractivity contribution is 6.39. The molecule has 1 aliphatic heterocycles. The number of rotatable bonds is 11. The molecule has 1 aliphatic rings. The van der Waals surface area contributed by atoms with Gasteiger partial charge in [0.2, 0.25) is 5.91 Å². The number of aryl methyl sites for hydroxylation is 1. The average molecular weight is 681 g/mol. The number of carbonyl (C=O) groups is 3. The van der Waals surface area contributed by atoms with E-state index in [4.69, 9.17) is 32.7 Å². The summed E-state index contributed by atoms with van der Waals surface area (Å²) in [6, 6.07) is 10.7. The van der Waals surface area contributed by atoms with Crippen molar-refractivity contribution in [3.8, 4) is 28.3 Å². The van der Waals surface area contributed by atoms with Gasteiger partial charge in [-0.3, -0.25) is 14.4 Å². The lowest BCUT2D eigenvalue weighted by atomic mass is 10.0. The number of hydrogen-bond acceptors (Lipinski definition) is 10. The maximum absolute atomic E-state index is 12.9. The summed E-state index contributed by atoms with van der Waals surface area (Å²) in [6.07, 6.45) is 4.15. The number of anilines is 2. The van der Waals surface area contributed by atoms with E-state index in [2.05, 4.69) is 31.0 Å². The van der Waals surface area contributed by atoms with Crippen molar-refractivity contribution in [3.63, 3.8) is 0 Å². The van der Waals surface area contributed by atoms with Gasteiger partial charge in [-0.1, -0.05) is 53.5 Å². The number of hydrogen-bond donors (Lipinski definition) is 3. The number of esters is 1. The van der Waals surface area contributed by atoms with Crippen LogP contribution in [0.5, 0.6) is 5.88 Å². The van der Waals surface area contributed by atoms with Crippen LogP contribution in [-0.4, -0.2) is 63.3 Å². The van der Waals surface area contributed by atoms with Crippen LogP contribution in [0.2, 0.25) is 10.0 Å². The number of ether oxygens (including phenoxy) is 2. The second-order valence-corrected chi connectivity index (χ2v) is 11.3. The third kappa shape index (κ3) is 7.36. The van der Waals surface area contributed by atoms with E-state index >= 15 is 0 Å². The summed E-state index contributed by atoms with van der Waals surface area (Å²) in [6.45, 7) is 1.90. The molecule has 2 amide bonds. The molecular weight excluding hydrogens is 649 g/mol. The summed E-state index contributed by atoms with van der Waals surface area (Å²) >= 11 is 13.7. The lowest BCUT2D eigenvalue weighted by Gasteiger charge is -2.22. The second-order valence-electron chi connectivity index (χ2n) is 10.6. The Labute approximate surface area is 279 Å². The van der Waals surface area contributed by atoms with Gasteiger partial charge in [0.1, 0.15) is 11.6 Å². The fourth-order valence-electron chi connectivity index (χ4n) is 5.15. The van der Waals surface area contributed by atoms with Crippen LogP contribution in [0.1, 0.15) is 36.5 Å². The van der Waals surface area contributed by atoms with E-state index in [-0.39, 0.29) is 46.5 Å². The molecule has 2 aromatic heterocycles. The number of benzene rings is 2. The van der Waals surface area contributed by atoms with Crippen molar-refractivity contribution in [3.05, 3.63) is 80.8 Å². The molecule has 2 aromatic carbocycles. The van der Waals surface area contributed by atoms with E-state index < -0.39 is 23.5 Å². The van der Waals surface area contributed by atoms with Crippen molar-refractivity contribution in [2.24, 2.45) is 7.05 Å². The number of aromatic nitrogens is 4. The Morgan fingerprint density at radius 1 is 1.09 bits per heavy atom. The molecule has 1 saturated heterocycles. The summed E-state index contributed by atoms with van der Waals surface area (Å²) in [5.41, 5.74) is 1.60. The smallest absolute Gasteiger partial charge is 0.328 e. The topological polar surface area (TPSA) is 166 Å². The summed E-state index contributed by atoms with van der Waals surface area (Å²) in [7, 11) is 2.87. The van der Waals surface area contributed by atoms with Crippen molar-refractivity contribution in [2.75, 3.05) is 24.4 Å². The van der Waals surface area contributed by atoms with Gasteiger partial charge in [-0.15, -0.1) is 0 Å². The van der Waals surface area contributed by atoms with Gasteiger partial charge in [-0.05, 0) is 31.9 Å². The Balaban J connectivity index is 1.42. The highest BCUT2D eigenvalue weighted by Crippen LogP contribution is 2.41. The first-order valence-electron chi connectivity index (χ1n) is 14.7. The van der Waals surface area contributed by atoms with Gasteiger partial charge in [0.15, 0.2) is 5.82 Å². The van der Waals surface area contributed by atoms with Crippen LogP contribution in [0.4, 0.5) is 11.5 Å². The van der Waals surface area contributed by atoms with Crippen molar-refractivity contribution in [1.29, 1.82) is 0 Å². The van der Waals surface area contributed by atoms with E-state index in [1.807, 2.05) is 0 Å². The summed E-state index contributed by atoms with van der Waals surface area (Å²) in [5, 5.41) is 13.0. The number of carbonyl (C=O) groups excluding carboxylic acids is 3. The van der Waals surface area contributed by atoms with Crippen LogP contribution < -0.4 is 26.2 Å². The van der Waals surface area contributed by atoms with E-state index in [1.54, 1.807) is 43.3 Å². The molecule has 1 unspecified atom stereocenters. The molecule has 13 nitrogen and oxygen atoms in total. The van der Waals surface area contributed by atoms with Gasteiger partial charge in [-0.25, -0.2) is 19.4 Å². The average Bonchev–Trinajstić information content (AvgIpc) is 3.47. The fraction of sp³-hybridized carbons (Fsp3) is 0.281. The van der Waals surface area contributed by atoms with Crippen LogP contribution >= 0.6 is 23.2 Å². The third-order valence-corrected chi connectivity index (χ3v) is 8.30. The van der Waals surface area contributed by atoms with Crippen LogP contribution in [0.3, 0.4) is 0 Å². The Morgan fingerprint density at radius 2 is 1.81 bits per heavy atom. The maximum atomic E-state index is 12.9. The van der Waals surface area contributed by atoms with Gasteiger partial charge >= 0.3 is 5.97 Å². The molecular formula is C32H31Cl2N7O6. The highest BCUT2D eigenvalue weighted by atomic mass is 35.5. The van der Waals surface area contributed by atoms with E-state index in [0.717, 1.165) is 4.68 Å². The minimum absolute atomic E-state index is 0.0618. The molecule has 47 heavy (non-hydrogen) atoms. The van der Waals surface area contributed by atoms with E-state index in [9.17, 15) is 19.2 Å². The number of nitrogens with zero attached hydrogens (tertiary/aromatic N) is 4. The van der Waals surface area contributed by atoms with Gasteiger partial charge in [-0.2, -0.15) is 5.10 Å². The molecule has 1 fully saturated rings. The quantitative estimate of drug-likeness (QED) is 0.192. The lowest BCUT2D eigenvalue weighted by Crippen LogP contribution is -2.38. The van der Waals surface area contributed by atoms with Gasteiger partial charge < -0.3 is 25.4 Å². The first-order valence-corrected chi connectivity index (χ1v) is 15.4. The number of nitrogens with one attached hydrogen (secondary N) is 3. The monoisotopic (exact) mass is 679 g/mol. The normalized spacial score (nSPS) is 14.7. The number of amides is 2. The molecule has 0 radical (unpaired) electrons. The largest absolute Gasteiger partial charge is 0.478 e. The highest BCUT2D eigenvalue weighted by Gasteiger charge is 2.30. The van der Waals surface area contributed by atoms with Gasteiger partial charge in [0.25, 0.3) is 17.3 Å². The molecule has 244 valence electrons. The molecule has 0 spiro atoms. The first kappa shape index (κ1) is 33.4. The predicted molar refractivity (Wildman–Crippen MR) is 177 cm³/mol. The zero-order valence-electron chi connectivity index (χ0n) is 25.7. The van der Waals surface area contributed by atoms with Crippen molar-refractivity contribution >= 4 is 52.5 Å². The first-order chi connectivity index (χ1) is 22.6. The summed E-state index contributed by atoms with van der Waals surface area (Å²) < 4.78 is 11.8. The Morgan fingerprint density at radius 3 is 2.51 bits per heavy atom. The van der Waals surface area contributed by atoms with Crippen molar-refractivity contribution in [2.45, 2.75) is 38.3 Å². The molecule has 2 atom stereocenters. The minimum Gasteiger partial charge on any atom is -0.478 e. The molecule has 15 heteroatoms. The second kappa shape index (κ2) is 14.6. The number of halogens is 2. The van der Waals surface area contributed by atoms with Crippen LogP contribution in [-0.2, 0) is 21.4 Å². The van der Waals surface area contributed by atoms with Crippen LogP contribution in [0.25, 0.3) is 22.4 Å². The van der Waals surface area contributed by atoms with Crippen molar-refractivity contribution < 1.29 is 23.9 Å². The van der Waals surface area contributed by atoms with Gasteiger partial charge in [0, 0.05) is 42.4 Å². The van der Waals surface area contributed by atoms with E-state index in [1.165, 1.54) is 32.6 Å². The minimum atomic E-state index is -0.809. The summed E-state index contributed by atoms with van der Waals surface area (Å²) in [5.74, 6) is -0.870. The lowest BCUT2D eigenvalue weighted by molar-refractivity contribution is -0.144. The molecule has 0 bridgehead atoms. The predicted octanol–water partition coefficient (Wildman–Crippen LogP) is 4.48. The van der Waals surface area contributed by atoms with E-state index in [0.29, 0.717) is 46.7 Å². The van der Waals surface area contributed by atoms with Crippen LogP contribution in [0, 0.1) is 0 Å². The third-order valence-electron chi connectivity index (χ3n) is 7.48. The standard InChI is InChI=1S/C32H31Cl2N7O6/c1-4-47-32(45)23(15-17-11-12-25(42)37-17)38-28-30(46-3)40-24(16-35-28)20-9-5-7-18(26(20)33)19-8-6-10-22(27(19)34)39-29(43)21-13-14-36-41(2)31(21)44/h5-10,13-14,16-17,23H,4,11-12,15H2,1-3H3,(H,35,38)(H,37,42)(H,39,43)/t17-,23?/m0/s1. The Hall–Kier alpha value is -5.01. The summed E-state index contributed by atoms with van der Waals surface area (Å²) in [4.78, 5) is 58.9.